The minimum Gasteiger partial charge on any atom is -0.507 e. The van der Waals surface area contributed by atoms with Gasteiger partial charge in [-0.3, -0.25) is 0 Å². The summed E-state index contributed by atoms with van der Waals surface area (Å²) in [7, 11) is 0. The van der Waals surface area contributed by atoms with E-state index in [1.165, 1.54) is 0 Å². The summed E-state index contributed by atoms with van der Waals surface area (Å²) in [5.41, 5.74) is 5.14. The minimum atomic E-state index is 0.179. The van der Waals surface area contributed by atoms with Gasteiger partial charge in [-0.25, -0.2) is 0 Å². The van der Waals surface area contributed by atoms with E-state index in [1.807, 2.05) is 50.2 Å². The Hall–Kier alpha value is -2.00. The lowest BCUT2D eigenvalue weighted by Gasteiger charge is -2.10. The number of hydrogen-bond donors (Lipinski definition) is 3. The van der Waals surface area contributed by atoms with Crippen molar-refractivity contribution >= 4 is 5.69 Å². The van der Waals surface area contributed by atoms with Gasteiger partial charge in [0.1, 0.15) is 5.75 Å². The van der Waals surface area contributed by atoms with Gasteiger partial charge in [-0.05, 0) is 54.7 Å². The van der Waals surface area contributed by atoms with Gasteiger partial charge in [-0.2, -0.15) is 0 Å². The number of aliphatic hydroxyl groups excluding tert-OH is 1. The molecule has 2 aromatic carbocycles. The second kappa shape index (κ2) is 6.44. The lowest BCUT2D eigenvalue weighted by atomic mass is 10.1. The molecular weight excluding hydrogens is 250 g/mol. The zero-order valence-corrected chi connectivity index (χ0v) is 12.0. The molecule has 2 rings (SSSR count). The Kier molecular flexibility index (Phi) is 4.64. The third kappa shape index (κ3) is 3.52. The van der Waals surface area contributed by atoms with Crippen molar-refractivity contribution in [2.45, 2.75) is 26.8 Å². The van der Waals surface area contributed by atoms with Gasteiger partial charge < -0.3 is 15.5 Å². The maximum absolute atomic E-state index is 9.76. The van der Waals surface area contributed by atoms with Gasteiger partial charge in [0, 0.05) is 18.8 Å². The zero-order chi connectivity index (χ0) is 14.5. The molecule has 106 valence electrons. The Morgan fingerprint density at radius 3 is 2.10 bits per heavy atom. The Morgan fingerprint density at radius 2 is 1.55 bits per heavy atom. The molecule has 0 saturated carbocycles. The first kappa shape index (κ1) is 14.4. The lowest BCUT2D eigenvalue weighted by Crippen LogP contribution is -2.01. The zero-order valence-electron chi connectivity index (χ0n) is 12.0. The summed E-state index contributed by atoms with van der Waals surface area (Å²) in [4.78, 5) is 0. The van der Waals surface area contributed by atoms with Crippen molar-refractivity contribution < 1.29 is 10.2 Å². The van der Waals surface area contributed by atoms with Crippen molar-refractivity contribution in [3.05, 3.63) is 58.7 Å². The van der Waals surface area contributed by atoms with E-state index in [1.54, 1.807) is 0 Å². The number of rotatable bonds is 5. The first-order valence-corrected chi connectivity index (χ1v) is 6.83. The Labute approximate surface area is 119 Å². The molecule has 0 radical (unpaired) electrons. The van der Waals surface area contributed by atoms with Crippen LogP contribution in [0.3, 0.4) is 0 Å². The van der Waals surface area contributed by atoms with Crippen LogP contribution in [0.1, 0.15) is 22.3 Å². The lowest BCUT2D eigenvalue weighted by molar-refractivity contribution is 0.299. The van der Waals surface area contributed by atoms with Crippen LogP contribution in [-0.4, -0.2) is 16.8 Å². The number of aliphatic hydroxyl groups is 1. The van der Waals surface area contributed by atoms with Gasteiger partial charge in [0.2, 0.25) is 0 Å². The Balaban J connectivity index is 2.01. The van der Waals surface area contributed by atoms with Crippen LogP contribution in [0.15, 0.2) is 36.4 Å². The molecule has 3 N–H and O–H groups in total. The molecule has 0 saturated heterocycles. The maximum Gasteiger partial charge on any atom is 0.121 e. The highest BCUT2D eigenvalue weighted by molar-refractivity contribution is 5.47. The monoisotopic (exact) mass is 271 g/mol. The summed E-state index contributed by atoms with van der Waals surface area (Å²) < 4.78 is 0. The van der Waals surface area contributed by atoms with E-state index < -0.39 is 0 Å². The Morgan fingerprint density at radius 1 is 0.950 bits per heavy atom. The predicted molar refractivity (Wildman–Crippen MR) is 82.1 cm³/mol. The molecule has 0 fully saturated rings. The molecule has 0 bridgehead atoms. The second-order valence-electron chi connectivity index (χ2n) is 5.10. The summed E-state index contributed by atoms with van der Waals surface area (Å²) in [6, 6.07) is 12.1. The summed E-state index contributed by atoms with van der Waals surface area (Å²) in [5.74, 6) is 0.377. The number of anilines is 1. The van der Waals surface area contributed by atoms with Crippen LogP contribution in [-0.2, 0) is 13.0 Å². The van der Waals surface area contributed by atoms with Gasteiger partial charge in [0.15, 0.2) is 0 Å². The fraction of sp³-hybridized carbons (Fsp3) is 0.294. The SMILES string of the molecule is Cc1cc(CNc2ccc(CCO)cc2)cc(C)c1O. The van der Waals surface area contributed by atoms with Gasteiger partial charge >= 0.3 is 0 Å². The van der Waals surface area contributed by atoms with Crippen molar-refractivity contribution in [2.75, 3.05) is 11.9 Å². The van der Waals surface area contributed by atoms with E-state index in [2.05, 4.69) is 5.32 Å². The summed E-state index contributed by atoms with van der Waals surface area (Å²) >= 11 is 0. The normalized spacial score (nSPS) is 10.6. The molecular formula is C17H21NO2. The number of phenols is 1. The summed E-state index contributed by atoms with van der Waals surface area (Å²) in [6.45, 7) is 4.73. The van der Waals surface area contributed by atoms with Gasteiger partial charge in [-0.15, -0.1) is 0 Å². The van der Waals surface area contributed by atoms with Crippen molar-refractivity contribution in [2.24, 2.45) is 0 Å². The minimum absolute atomic E-state index is 0.179. The number of hydrogen-bond acceptors (Lipinski definition) is 3. The van der Waals surface area contributed by atoms with E-state index in [0.717, 1.165) is 34.5 Å². The summed E-state index contributed by atoms with van der Waals surface area (Å²) in [5, 5.41) is 22.0. The van der Waals surface area contributed by atoms with Gasteiger partial charge in [-0.1, -0.05) is 24.3 Å². The van der Waals surface area contributed by atoms with Crippen LogP contribution in [0.5, 0.6) is 5.75 Å². The molecule has 0 aromatic heterocycles. The van der Waals surface area contributed by atoms with Crippen LogP contribution in [0.4, 0.5) is 5.69 Å². The van der Waals surface area contributed by atoms with Crippen LogP contribution < -0.4 is 5.32 Å². The van der Waals surface area contributed by atoms with Crippen molar-refractivity contribution in [3.8, 4) is 5.75 Å². The first-order valence-electron chi connectivity index (χ1n) is 6.83. The molecule has 0 aliphatic carbocycles. The Bertz CT molecular complexity index is 553. The fourth-order valence-electron chi connectivity index (χ4n) is 2.27. The highest BCUT2D eigenvalue weighted by Gasteiger charge is 2.03. The van der Waals surface area contributed by atoms with E-state index in [4.69, 9.17) is 5.11 Å². The maximum atomic E-state index is 9.76. The topological polar surface area (TPSA) is 52.5 Å². The van der Waals surface area contributed by atoms with Gasteiger partial charge in [0.25, 0.3) is 0 Å². The third-order valence-corrected chi connectivity index (χ3v) is 3.40. The molecule has 0 unspecified atom stereocenters. The van der Waals surface area contributed by atoms with Gasteiger partial charge in [0.05, 0.1) is 0 Å². The van der Waals surface area contributed by atoms with E-state index in [-0.39, 0.29) is 6.61 Å². The summed E-state index contributed by atoms with van der Waals surface area (Å²) in [6.07, 6.45) is 0.691. The highest BCUT2D eigenvalue weighted by Crippen LogP contribution is 2.23. The fourth-order valence-corrected chi connectivity index (χ4v) is 2.27. The van der Waals surface area contributed by atoms with E-state index in [9.17, 15) is 5.11 Å². The number of phenolic OH excluding ortho intramolecular Hbond substituents is 1. The number of aryl methyl sites for hydroxylation is 2. The van der Waals surface area contributed by atoms with Crippen LogP contribution >= 0.6 is 0 Å². The quantitative estimate of drug-likeness (QED) is 0.783. The molecule has 3 heteroatoms. The average molecular weight is 271 g/mol. The number of aromatic hydroxyl groups is 1. The van der Waals surface area contributed by atoms with E-state index in [0.29, 0.717) is 12.2 Å². The van der Waals surface area contributed by atoms with Crippen LogP contribution in [0, 0.1) is 13.8 Å². The third-order valence-electron chi connectivity index (χ3n) is 3.40. The molecule has 0 atom stereocenters. The molecule has 0 aliphatic heterocycles. The van der Waals surface area contributed by atoms with Crippen molar-refractivity contribution in [1.82, 2.24) is 0 Å². The van der Waals surface area contributed by atoms with E-state index >= 15 is 0 Å². The second-order valence-corrected chi connectivity index (χ2v) is 5.10. The molecule has 3 nitrogen and oxygen atoms in total. The highest BCUT2D eigenvalue weighted by atomic mass is 16.3. The van der Waals surface area contributed by atoms with Crippen molar-refractivity contribution in [1.29, 1.82) is 0 Å². The number of benzene rings is 2. The average Bonchev–Trinajstić information content (AvgIpc) is 2.44. The molecule has 0 amide bonds. The standard InChI is InChI=1S/C17H21NO2/c1-12-9-15(10-13(2)17(12)20)11-18-16-5-3-14(4-6-16)7-8-19/h3-6,9-10,18-20H,7-8,11H2,1-2H3. The number of nitrogens with one attached hydrogen (secondary N) is 1. The molecule has 2 aromatic rings. The molecule has 0 spiro atoms. The molecule has 0 heterocycles. The predicted octanol–water partition coefficient (Wildman–Crippen LogP) is 3.16. The molecule has 0 aliphatic rings. The first-order chi connectivity index (χ1) is 9.60. The smallest absolute Gasteiger partial charge is 0.121 e. The van der Waals surface area contributed by atoms with Crippen molar-refractivity contribution in [3.63, 3.8) is 0 Å². The van der Waals surface area contributed by atoms with Crippen LogP contribution in [0.25, 0.3) is 0 Å². The molecule has 20 heavy (non-hydrogen) atoms. The largest absolute Gasteiger partial charge is 0.507 e. The van der Waals surface area contributed by atoms with Crippen LogP contribution in [0.2, 0.25) is 0 Å².